The first-order chi connectivity index (χ1) is 6.88. The molecule has 0 fully saturated rings. The first kappa shape index (κ1) is 8.62. The number of hydrogen-bond acceptors (Lipinski definition) is 3. The molecular weight excluding hydrogens is 176 g/mol. The molecule has 0 amide bonds. The highest BCUT2D eigenvalue weighted by Gasteiger charge is 1.95. The first-order valence-electron chi connectivity index (χ1n) is 4.30. The Bertz CT molecular complexity index is 402. The third-order valence-corrected chi connectivity index (χ3v) is 1.93. The van der Waals surface area contributed by atoms with Crippen LogP contribution in [0.2, 0.25) is 0 Å². The van der Waals surface area contributed by atoms with Gasteiger partial charge in [-0.2, -0.15) is 4.80 Å². The Kier molecular flexibility index (Phi) is 2.36. The van der Waals surface area contributed by atoms with Crippen LogP contribution in [0.5, 0.6) is 0 Å². The lowest BCUT2D eigenvalue weighted by atomic mass is 10.1. The molecule has 0 aliphatic carbocycles. The molecule has 0 spiro atoms. The summed E-state index contributed by atoms with van der Waals surface area (Å²) in [6, 6.07) is 8.08. The normalized spacial score (nSPS) is 10.0. The van der Waals surface area contributed by atoms with Gasteiger partial charge < -0.3 is 0 Å². The summed E-state index contributed by atoms with van der Waals surface area (Å²) < 4.78 is 0. The van der Waals surface area contributed by atoms with Gasteiger partial charge in [0.25, 0.3) is 0 Å². The van der Waals surface area contributed by atoms with Crippen molar-refractivity contribution < 1.29 is 0 Å². The largest absolute Gasteiger partial charge is 0.162 e. The maximum atomic E-state index is 3.93. The standard InChI is InChI=1S/C10H10N4/c1-2-9-3-5-10(6-4-9)7-14-12-8-11-13-14/h2-6,8H,1,7H2. The van der Waals surface area contributed by atoms with E-state index in [0.717, 1.165) is 11.1 Å². The SMILES string of the molecule is C=Cc1ccc(Cn2ncnn2)cc1. The molecule has 70 valence electrons. The Balaban J connectivity index is 2.14. The second-order valence-electron chi connectivity index (χ2n) is 2.91. The number of hydrogen-bond donors (Lipinski definition) is 0. The van der Waals surface area contributed by atoms with Gasteiger partial charge in [-0.25, -0.2) is 0 Å². The van der Waals surface area contributed by atoms with Crippen molar-refractivity contribution in [2.24, 2.45) is 0 Å². The van der Waals surface area contributed by atoms with Crippen LogP contribution in [0.15, 0.2) is 37.2 Å². The van der Waals surface area contributed by atoms with E-state index in [4.69, 9.17) is 0 Å². The van der Waals surface area contributed by atoms with Gasteiger partial charge in [-0.3, -0.25) is 0 Å². The van der Waals surface area contributed by atoms with Crippen molar-refractivity contribution in [2.75, 3.05) is 0 Å². The molecule has 0 aliphatic rings. The zero-order valence-corrected chi connectivity index (χ0v) is 7.67. The van der Waals surface area contributed by atoms with Gasteiger partial charge in [0.1, 0.15) is 0 Å². The van der Waals surface area contributed by atoms with Crippen LogP contribution in [0.3, 0.4) is 0 Å². The molecule has 4 heteroatoms. The van der Waals surface area contributed by atoms with Crippen LogP contribution in [-0.4, -0.2) is 20.2 Å². The number of nitrogens with zero attached hydrogens (tertiary/aromatic N) is 4. The van der Waals surface area contributed by atoms with E-state index in [2.05, 4.69) is 22.0 Å². The van der Waals surface area contributed by atoms with Gasteiger partial charge >= 0.3 is 0 Å². The lowest BCUT2D eigenvalue weighted by Crippen LogP contribution is -2.03. The molecule has 0 saturated carbocycles. The Morgan fingerprint density at radius 3 is 2.64 bits per heavy atom. The van der Waals surface area contributed by atoms with Gasteiger partial charge in [0, 0.05) is 0 Å². The van der Waals surface area contributed by atoms with E-state index >= 15 is 0 Å². The Morgan fingerprint density at radius 2 is 2.07 bits per heavy atom. The molecule has 0 unspecified atom stereocenters. The molecule has 0 saturated heterocycles. The van der Waals surface area contributed by atoms with Gasteiger partial charge in [-0.05, 0) is 16.3 Å². The van der Waals surface area contributed by atoms with E-state index in [9.17, 15) is 0 Å². The number of aromatic nitrogens is 4. The molecule has 4 nitrogen and oxygen atoms in total. The maximum absolute atomic E-state index is 3.93. The van der Waals surface area contributed by atoms with Gasteiger partial charge in [0.2, 0.25) is 0 Å². The molecule has 14 heavy (non-hydrogen) atoms. The quantitative estimate of drug-likeness (QED) is 0.727. The van der Waals surface area contributed by atoms with Crippen molar-refractivity contribution in [2.45, 2.75) is 6.54 Å². The van der Waals surface area contributed by atoms with E-state index in [0.29, 0.717) is 6.54 Å². The number of tetrazole rings is 1. The second-order valence-corrected chi connectivity index (χ2v) is 2.91. The summed E-state index contributed by atoms with van der Waals surface area (Å²) in [5.74, 6) is 0. The van der Waals surface area contributed by atoms with Crippen LogP contribution < -0.4 is 0 Å². The zero-order chi connectivity index (χ0) is 9.80. The van der Waals surface area contributed by atoms with Crippen LogP contribution in [0, 0.1) is 0 Å². The van der Waals surface area contributed by atoms with E-state index in [-0.39, 0.29) is 0 Å². The molecule has 0 atom stereocenters. The summed E-state index contributed by atoms with van der Waals surface area (Å²) in [5.41, 5.74) is 2.26. The minimum atomic E-state index is 0.650. The van der Waals surface area contributed by atoms with Crippen LogP contribution in [0.1, 0.15) is 11.1 Å². The molecule has 2 aromatic rings. The molecule has 1 aromatic heterocycles. The van der Waals surface area contributed by atoms with E-state index in [1.165, 1.54) is 6.33 Å². The maximum Gasteiger partial charge on any atom is 0.162 e. The highest BCUT2D eigenvalue weighted by Crippen LogP contribution is 2.05. The Morgan fingerprint density at radius 1 is 1.29 bits per heavy atom. The molecule has 0 N–H and O–H groups in total. The van der Waals surface area contributed by atoms with Crippen LogP contribution in [0.4, 0.5) is 0 Å². The third-order valence-electron chi connectivity index (χ3n) is 1.93. The first-order valence-corrected chi connectivity index (χ1v) is 4.30. The van der Waals surface area contributed by atoms with Gasteiger partial charge in [-0.15, -0.1) is 10.2 Å². The summed E-state index contributed by atoms with van der Waals surface area (Å²) in [5, 5.41) is 11.4. The monoisotopic (exact) mass is 186 g/mol. The van der Waals surface area contributed by atoms with Crippen LogP contribution in [-0.2, 0) is 6.54 Å². The summed E-state index contributed by atoms with van der Waals surface area (Å²) in [7, 11) is 0. The van der Waals surface area contributed by atoms with Crippen molar-refractivity contribution in [3.05, 3.63) is 48.3 Å². The minimum Gasteiger partial charge on any atom is -0.160 e. The summed E-state index contributed by atoms with van der Waals surface area (Å²) in [6.45, 7) is 4.35. The summed E-state index contributed by atoms with van der Waals surface area (Å²) >= 11 is 0. The highest BCUT2D eigenvalue weighted by molar-refractivity contribution is 5.47. The van der Waals surface area contributed by atoms with Crippen molar-refractivity contribution in [3.63, 3.8) is 0 Å². The minimum absolute atomic E-state index is 0.650. The highest BCUT2D eigenvalue weighted by atomic mass is 15.6. The molecule has 1 heterocycles. The Hall–Kier alpha value is -1.97. The van der Waals surface area contributed by atoms with E-state index < -0.39 is 0 Å². The average Bonchev–Trinajstić information content (AvgIpc) is 2.72. The predicted octanol–water partition coefficient (Wildman–Crippen LogP) is 1.36. The lowest BCUT2D eigenvalue weighted by molar-refractivity contribution is 0.572. The summed E-state index contributed by atoms with van der Waals surface area (Å²) in [4.78, 5) is 1.54. The van der Waals surface area contributed by atoms with Crippen molar-refractivity contribution in [1.82, 2.24) is 20.2 Å². The van der Waals surface area contributed by atoms with Crippen molar-refractivity contribution >= 4 is 6.08 Å². The van der Waals surface area contributed by atoms with Crippen LogP contribution in [0.25, 0.3) is 6.08 Å². The average molecular weight is 186 g/mol. The van der Waals surface area contributed by atoms with Gasteiger partial charge in [0.15, 0.2) is 6.33 Å². The fraction of sp³-hybridized carbons (Fsp3) is 0.100. The molecule has 0 radical (unpaired) electrons. The molecule has 2 rings (SSSR count). The van der Waals surface area contributed by atoms with Crippen molar-refractivity contribution in [3.8, 4) is 0 Å². The van der Waals surface area contributed by atoms with Gasteiger partial charge in [-0.1, -0.05) is 36.9 Å². The van der Waals surface area contributed by atoms with Crippen molar-refractivity contribution in [1.29, 1.82) is 0 Å². The van der Waals surface area contributed by atoms with E-state index in [1.54, 1.807) is 4.80 Å². The summed E-state index contributed by atoms with van der Waals surface area (Å²) in [6.07, 6.45) is 3.25. The smallest absolute Gasteiger partial charge is 0.160 e. The second kappa shape index (κ2) is 3.83. The number of rotatable bonds is 3. The molecule has 1 aromatic carbocycles. The molecule has 0 aliphatic heterocycles. The predicted molar refractivity (Wildman–Crippen MR) is 53.5 cm³/mol. The van der Waals surface area contributed by atoms with E-state index in [1.807, 2.05) is 30.3 Å². The zero-order valence-electron chi connectivity index (χ0n) is 7.67. The Labute approximate surface area is 81.9 Å². The van der Waals surface area contributed by atoms with Crippen LogP contribution >= 0.6 is 0 Å². The molecule has 0 bridgehead atoms. The third kappa shape index (κ3) is 1.85. The topological polar surface area (TPSA) is 43.6 Å². The van der Waals surface area contributed by atoms with Gasteiger partial charge in [0.05, 0.1) is 6.54 Å². The number of benzene rings is 1. The lowest BCUT2D eigenvalue weighted by Gasteiger charge is -1.99. The molecular formula is C10H10N4. The fourth-order valence-corrected chi connectivity index (χ4v) is 1.18. The fourth-order valence-electron chi connectivity index (χ4n) is 1.18.